The topological polar surface area (TPSA) is 52.0 Å². The van der Waals surface area contributed by atoms with Gasteiger partial charge in [-0.15, -0.1) is 0 Å². The quantitative estimate of drug-likeness (QED) is 0.450. The van der Waals surface area contributed by atoms with Gasteiger partial charge in [0.15, 0.2) is 9.84 Å². The molecule has 0 aliphatic heterocycles. The zero-order chi connectivity index (χ0) is 21.1. The minimum atomic E-state index is -3.44. The predicted molar refractivity (Wildman–Crippen MR) is 123 cm³/mol. The van der Waals surface area contributed by atoms with Crippen molar-refractivity contribution in [1.29, 1.82) is 0 Å². The highest BCUT2D eigenvalue weighted by Gasteiger charge is 2.18. The van der Waals surface area contributed by atoms with E-state index in [2.05, 4.69) is 18.2 Å². The third-order valence-corrected chi connectivity index (χ3v) is 7.16. The van der Waals surface area contributed by atoms with E-state index in [0.717, 1.165) is 35.2 Å². The van der Waals surface area contributed by atoms with Crippen LogP contribution in [0.15, 0.2) is 77.9 Å². The highest BCUT2D eigenvalue weighted by molar-refractivity contribution is 7.91. The van der Waals surface area contributed by atoms with Crippen LogP contribution in [0.3, 0.4) is 0 Å². The second-order valence-electron chi connectivity index (χ2n) is 7.07. The monoisotopic (exact) mass is 458 g/mol. The van der Waals surface area contributed by atoms with Crippen LogP contribution in [0.25, 0.3) is 16.8 Å². The van der Waals surface area contributed by atoms with Crippen LogP contribution in [-0.2, 0) is 16.4 Å². The fourth-order valence-corrected chi connectivity index (χ4v) is 4.82. The number of benzene rings is 2. The van der Waals surface area contributed by atoms with Crippen molar-refractivity contribution in [2.75, 3.05) is 5.75 Å². The summed E-state index contributed by atoms with van der Waals surface area (Å²) in [6.45, 7) is 0.253. The van der Waals surface area contributed by atoms with Gasteiger partial charge in [-0.2, -0.15) is 5.10 Å². The van der Waals surface area contributed by atoms with Gasteiger partial charge in [-0.1, -0.05) is 53.6 Å². The summed E-state index contributed by atoms with van der Waals surface area (Å²) in [6.07, 6.45) is 10.3. The van der Waals surface area contributed by atoms with Crippen LogP contribution in [-0.4, -0.2) is 24.0 Å². The number of hydrogen-bond donors (Lipinski definition) is 0. The molecule has 0 saturated carbocycles. The zero-order valence-corrected chi connectivity index (χ0v) is 18.5. The molecule has 154 valence electrons. The van der Waals surface area contributed by atoms with Gasteiger partial charge in [0.05, 0.1) is 17.2 Å². The Labute approximate surface area is 186 Å². The van der Waals surface area contributed by atoms with Crippen molar-refractivity contribution in [3.63, 3.8) is 0 Å². The van der Waals surface area contributed by atoms with Crippen LogP contribution in [0.5, 0.6) is 0 Å². The van der Waals surface area contributed by atoms with E-state index in [4.69, 9.17) is 28.3 Å². The summed E-state index contributed by atoms with van der Waals surface area (Å²) in [7, 11) is -3.44. The lowest BCUT2D eigenvalue weighted by Gasteiger charge is -2.07. The number of nitrogens with zero attached hydrogens (tertiary/aromatic N) is 2. The van der Waals surface area contributed by atoms with Gasteiger partial charge >= 0.3 is 0 Å². The van der Waals surface area contributed by atoms with Crippen LogP contribution >= 0.6 is 23.2 Å². The first-order valence-corrected chi connectivity index (χ1v) is 12.0. The lowest BCUT2D eigenvalue weighted by Crippen LogP contribution is -2.13. The van der Waals surface area contributed by atoms with Gasteiger partial charge in [0.25, 0.3) is 0 Å². The van der Waals surface area contributed by atoms with E-state index < -0.39 is 9.84 Å². The number of sulfone groups is 1. The Morgan fingerprint density at radius 1 is 0.933 bits per heavy atom. The molecule has 0 amide bonds. The molecule has 0 saturated heterocycles. The minimum Gasteiger partial charge on any atom is -0.270 e. The number of hydrogen-bond acceptors (Lipinski definition) is 3. The number of halogens is 2. The summed E-state index contributed by atoms with van der Waals surface area (Å²) in [4.78, 5) is 0.259. The fraction of sp³-hybridized carbons (Fsp3) is 0.174. The minimum absolute atomic E-state index is 0.0509. The van der Waals surface area contributed by atoms with Crippen LogP contribution < -0.4 is 0 Å². The summed E-state index contributed by atoms with van der Waals surface area (Å²) in [6, 6.07) is 13.7. The summed E-state index contributed by atoms with van der Waals surface area (Å²) >= 11 is 11.9. The molecule has 0 fully saturated rings. The average Bonchev–Trinajstić information content (AvgIpc) is 3.18. The Bertz CT molecular complexity index is 1210. The van der Waals surface area contributed by atoms with Crippen molar-refractivity contribution in [2.24, 2.45) is 0 Å². The molecule has 4 nitrogen and oxygen atoms in total. The molecule has 0 radical (unpaired) electrons. The van der Waals surface area contributed by atoms with Crippen LogP contribution in [0.4, 0.5) is 0 Å². The van der Waals surface area contributed by atoms with Crippen molar-refractivity contribution < 1.29 is 8.42 Å². The summed E-state index contributed by atoms with van der Waals surface area (Å²) in [5.41, 5.74) is 3.83. The van der Waals surface area contributed by atoms with Gasteiger partial charge in [0, 0.05) is 27.4 Å². The number of aromatic nitrogens is 2. The van der Waals surface area contributed by atoms with E-state index in [9.17, 15) is 8.42 Å². The van der Waals surface area contributed by atoms with Crippen molar-refractivity contribution in [3.05, 3.63) is 88.6 Å². The first-order valence-electron chi connectivity index (χ1n) is 9.61. The normalized spacial score (nSPS) is 14.0. The lowest BCUT2D eigenvalue weighted by atomic mass is 9.97. The van der Waals surface area contributed by atoms with Gasteiger partial charge in [-0.05, 0) is 54.8 Å². The van der Waals surface area contributed by atoms with E-state index in [-0.39, 0.29) is 17.2 Å². The zero-order valence-electron chi connectivity index (χ0n) is 16.1. The summed E-state index contributed by atoms with van der Waals surface area (Å²) in [5.74, 6) is -0.0509. The van der Waals surface area contributed by atoms with Crippen molar-refractivity contribution in [2.45, 2.75) is 24.3 Å². The molecule has 1 heterocycles. The van der Waals surface area contributed by atoms with E-state index in [0.29, 0.717) is 10.0 Å². The molecule has 1 aliphatic rings. The molecule has 0 unspecified atom stereocenters. The molecule has 0 spiro atoms. The lowest BCUT2D eigenvalue weighted by molar-refractivity contribution is 0.581. The molecule has 0 atom stereocenters. The standard InChI is InChI=1S/C23H20Cl2N2O2S/c24-19-8-6-18(7-9-19)23-22(17-4-2-1-3-5-17)16-27(26-23)14-15-30(28,29)21-12-10-20(25)11-13-21/h2,4-13,16H,1,3,14-15H2. The number of rotatable bonds is 6. The molecule has 4 rings (SSSR count). The third kappa shape index (κ3) is 4.69. The predicted octanol–water partition coefficient (Wildman–Crippen LogP) is 6.06. The van der Waals surface area contributed by atoms with E-state index in [1.54, 1.807) is 16.8 Å². The molecule has 30 heavy (non-hydrogen) atoms. The van der Waals surface area contributed by atoms with Crippen molar-refractivity contribution in [3.8, 4) is 11.3 Å². The third-order valence-electron chi connectivity index (χ3n) is 4.95. The van der Waals surface area contributed by atoms with Gasteiger partial charge in [-0.3, -0.25) is 4.68 Å². The van der Waals surface area contributed by atoms with E-state index in [1.807, 2.05) is 30.5 Å². The molecule has 7 heteroatoms. The van der Waals surface area contributed by atoms with Gasteiger partial charge in [-0.25, -0.2) is 8.42 Å². The van der Waals surface area contributed by atoms with E-state index >= 15 is 0 Å². The number of allylic oxidation sites excluding steroid dienone is 4. The second-order valence-corrected chi connectivity index (χ2v) is 10.1. The fourth-order valence-electron chi connectivity index (χ4n) is 3.35. The first-order chi connectivity index (χ1) is 14.4. The molecule has 0 N–H and O–H groups in total. The smallest absolute Gasteiger partial charge is 0.180 e. The molecule has 0 bridgehead atoms. The number of aryl methyl sites for hydroxylation is 1. The molecular weight excluding hydrogens is 439 g/mol. The van der Waals surface area contributed by atoms with Crippen LogP contribution in [0, 0.1) is 0 Å². The molecule has 3 aromatic rings. The van der Waals surface area contributed by atoms with E-state index in [1.165, 1.54) is 12.1 Å². The largest absolute Gasteiger partial charge is 0.270 e. The Morgan fingerprint density at radius 2 is 1.60 bits per heavy atom. The highest BCUT2D eigenvalue weighted by atomic mass is 35.5. The molecule has 1 aromatic heterocycles. The van der Waals surface area contributed by atoms with Crippen molar-refractivity contribution >= 4 is 38.6 Å². The van der Waals surface area contributed by atoms with Gasteiger partial charge in [0.1, 0.15) is 5.69 Å². The first kappa shape index (κ1) is 20.9. The Kier molecular flexibility index (Phi) is 6.14. The van der Waals surface area contributed by atoms with Gasteiger partial charge in [0.2, 0.25) is 0 Å². The van der Waals surface area contributed by atoms with Crippen LogP contribution in [0.2, 0.25) is 10.0 Å². The highest BCUT2D eigenvalue weighted by Crippen LogP contribution is 2.31. The molecular formula is C23H20Cl2N2O2S. The maximum Gasteiger partial charge on any atom is 0.180 e. The maximum absolute atomic E-state index is 12.7. The molecule has 2 aromatic carbocycles. The Hall–Kier alpha value is -2.34. The summed E-state index contributed by atoms with van der Waals surface area (Å²) < 4.78 is 27.1. The average molecular weight is 459 g/mol. The SMILES string of the molecule is O=S(=O)(CCn1cc(C2=CCCC=C2)c(-c2ccc(Cl)cc2)n1)c1ccc(Cl)cc1. The second kappa shape index (κ2) is 8.80. The Morgan fingerprint density at radius 3 is 2.23 bits per heavy atom. The summed E-state index contributed by atoms with van der Waals surface area (Å²) in [5, 5.41) is 5.87. The van der Waals surface area contributed by atoms with Crippen molar-refractivity contribution in [1.82, 2.24) is 9.78 Å². The van der Waals surface area contributed by atoms with Crippen LogP contribution in [0.1, 0.15) is 18.4 Å². The maximum atomic E-state index is 12.7. The molecule has 1 aliphatic carbocycles. The van der Waals surface area contributed by atoms with Gasteiger partial charge < -0.3 is 0 Å². The Balaban J connectivity index is 1.64.